The first-order chi connectivity index (χ1) is 18.1. The first-order valence-electron chi connectivity index (χ1n) is 12.5. The van der Waals surface area contributed by atoms with E-state index in [0.717, 1.165) is 28.4 Å². The lowest BCUT2D eigenvalue weighted by Crippen LogP contribution is -2.53. The van der Waals surface area contributed by atoms with E-state index in [9.17, 15) is 4.79 Å². The third-order valence-corrected chi connectivity index (χ3v) is 6.61. The van der Waals surface area contributed by atoms with Gasteiger partial charge in [0.05, 0.1) is 6.61 Å². The second kappa shape index (κ2) is 13.4. The van der Waals surface area contributed by atoms with E-state index in [0.29, 0.717) is 37.6 Å². The number of halogens is 1. The molecule has 8 heteroatoms. The maximum Gasteiger partial charge on any atom is 0.266 e. The van der Waals surface area contributed by atoms with Crippen LogP contribution in [0.3, 0.4) is 0 Å². The number of benzene rings is 3. The van der Waals surface area contributed by atoms with Crippen LogP contribution in [0.1, 0.15) is 29.5 Å². The molecule has 0 unspecified atom stereocenters. The minimum Gasteiger partial charge on any atom is -0.494 e. The van der Waals surface area contributed by atoms with Crippen LogP contribution < -0.4 is 15.6 Å². The zero-order valence-corrected chi connectivity index (χ0v) is 22.2. The molecule has 0 bridgehead atoms. The molecule has 7 nitrogen and oxygen atoms in total. The lowest BCUT2D eigenvalue weighted by atomic mass is 9.91. The number of amides is 1. The Kier molecular flexibility index (Phi) is 9.71. The Morgan fingerprint density at radius 3 is 2.49 bits per heavy atom. The summed E-state index contributed by atoms with van der Waals surface area (Å²) in [6.07, 6.45) is 2.80. The highest BCUT2D eigenvalue weighted by molar-refractivity contribution is 9.10. The Morgan fingerprint density at radius 1 is 1.00 bits per heavy atom. The topological polar surface area (TPSA) is 92.2 Å². The standard InChI is InChI=1S/C29H32BrN3O4/c30-25-13-9-23(10-14-25)20-29(28(35)33-31-17-4-8-22-6-2-1-3-7-22)21-37-27(32-29)24-11-15-26(16-12-24)36-19-5-18-34/h1-3,6-7,9-16,31,34H,4-5,8,17-21H2,(H,33,35)/t29-/m0/s1. The van der Waals surface area contributed by atoms with E-state index in [2.05, 4.69) is 38.9 Å². The van der Waals surface area contributed by atoms with Gasteiger partial charge in [0.15, 0.2) is 5.54 Å². The molecule has 0 saturated heterocycles. The molecule has 3 aromatic carbocycles. The molecule has 0 radical (unpaired) electrons. The molecule has 1 aliphatic rings. The van der Waals surface area contributed by atoms with Gasteiger partial charge in [-0.2, -0.15) is 0 Å². The Labute approximate surface area is 226 Å². The molecule has 1 amide bonds. The molecular weight excluding hydrogens is 534 g/mol. The fourth-order valence-corrected chi connectivity index (χ4v) is 4.32. The van der Waals surface area contributed by atoms with Crippen molar-refractivity contribution in [2.75, 3.05) is 26.4 Å². The molecule has 3 N–H and O–H groups in total. The number of hydrogen-bond donors (Lipinski definition) is 3. The Balaban J connectivity index is 1.43. The Morgan fingerprint density at radius 2 is 1.76 bits per heavy atom. The maximum atomic E-state index is 13.4. The van der Waals surface area contributed by atoms with Gasteiger partial charge in [0.2, 0.25) is 5.90 Å². The molecule has 1 heterocycles. The highest BCUT2D eigenvalue weighted by Crippen LogP contribution is 2.28. The molecule has 0 spiro atoms. The maximum absolute atomic E-state index is 13.4. The summed E-state index contributed by atoms with van der Waals surface area (Å²) in [4.78, 5) is 18.3. The fraction of sp³-hybridized carbons (Fsp3) is 0.310. The average Bonchev–Trinajstić information content (AvgIpc) is 3.36. The van der Waals surface area contributed by atoms with Gasteiger partial charge in [-0.3, -0.25) is 10.2 Å². The molecule has 0 aromatic heterocycles. The molecule has 4 rings (SSSR count). The van der Waals surface area contributed by atoms with E-state index in [1.54, 1.807) is 0 Å². The molecular formula is C29H32BrN3O4. The van der Waals surface area contributed by atoms with Crippen molar-refractivity contribution < 1.29 is 19.4 Å². The van der Waals surface area contributed by atoms with E-state index < -0.39 is 5.54 Å². The lowest BCUT2D eigenvalue weighted by molar-refractivity contribution is -0.127. The van der Waals surface area contributed by atoms with Gasteiger partial charge in [0.25, 0.3) is 5.91 Å². The second-order valence-corrected chi connectivity index (χ2v) is 9.88. The minimum absolute atomic E-state index is 0.0904. The van der Waals surface area contributed by atoms with Crippen molar-refractivity contribution in [2.24, 2.45) is 4.99 Å². The summed E-state index contributed by atoms with van der Waals surface area (Å²) in [5.41, 5.74) is 7.88. The lowest BCUT2D eigenvalue weighted by Gasteiger charge is -2.23. The van der Waals surface area contributed by atoms with Gasteiger partial charge >= 0.3 is 0 Å². The second-order valence-electron chi connectivity index (χ2n) is 8.96. The van der Waals surface area contributed by atoms with Crippen molar-refractivity contribution >= 4 is 27.7 Å². The molecule has 0 saturated carbocycles. The molecule has 0 fully saturated rings. The zero-order chi connectivity index (χ0) is 25.9. The van der Waals surface area contributed by atoms with Crippen molar-refractivity contribution in [3.05, 3.63) is 100 Å². The summed E-state index contributed by atoms with van der Waals surface area (Å²) >= 11 is 3.47. The number of aliphatic imine (C=N–C) groups is 1. The fourth-order valence-electron chi connectivity index (χ4n) is 4.05. The number of aryl methyl sites for hydroxylation is 1. The molecule has 0 aliphatic carbocycles. The van der Waals surface area contributed by atoms with Crippen LogP contribution in [0.5, 0.6) is 5.75 Å². The third kappa shape index (κ3) is 7.64. The van der Waals surface area contributed by atoms with Gasteiger partial charge in [0.1, 0.15) is 12.4 Å². The average molecular weight is 566 g/mol. The van der Waals surface area contributed by atoms with E-state index in [-0.39, 0.29) is 19.1 Å². The highest BCUT2D eigenvalue weighted by atomic mass is 79.9. The van der Waals surface area contributed by atoms with Crippen molar-refractivity contribution in [2.45, 2.75) is 31.2 Å². The van der Waals surface area contributed by atoms with Gasteiger partial charge < -0.3 is 14.6 Å². The third-order valence-electron chi connectivity index (χ3n) is 6.08. The Hall–Kier alpha value is -3.20. The van der Waals surface area contributed by atoms with E-state index in [1.165, 1.54) is 5.56 Å². The quantitative estimate of drug-likeness (QED) is 0.213. The van der Waals surface area contributed by atoms with Crippen LogP contribution >= 0.6 is 15.9 Å². The van der Waals surface area contributed by atoms with E-state index in [1.807, 2.05) is 66.7 Å². The number of hydrogen-bond acceptors (Lipinski definition) is 6. The summed E-state index contributed by atoms with van der Waals surface area (Å²) in [5.74, 6) is 0.904. The number of aliphatic hydroxyl groups is 1. The number of ether oxygens (including phenoxy) is 2. The summed E-state index contributed by atoms with van der Waals surface area (Å²) in [5, 5.41) is 8.92. The number of nitrogens with one attached hydrogen (secondary N) is 2. The monoisotopic (exact) mass is 565 g/mol. The molecule has 1 aliphatic heterocycles. The van der Waals surface area contributed by atoms with Crippen LogP contribution in [0, 0.1) is 0 Å². The van der Waals surface area contributed by atoms with Crippen molar-refractivity contribution in [1.29, 1.82) is 0 Å². The number of hydrazine groups is 1. The normalized spacial score (nSPS) is 16.6. The van der Waals surface area contributed by atoms with Gasteiger partial charge in [-0.15, -0.1) is 0 Å². The van der Waals surface area contributed by atoms with Crippen molar-refractivity contribution in [3.63, 3.8) is 0 Å². The molecule has 1 atom stereocenters. The summed E-state index contributed by atoms with van der Waals surface area (Å²) in [6.45, 7) is 1.32. The van der Waals surface area contributed by atoms with Crippen LogP contribution in [0.25, 0.3) is 0 Å². The van der Waals surface area contributed by atoms with Gasteiger partial charge in [0, 0.05) is 36.0 Å². The van der Waals surface area contributed by atoms with Crippen LogP contribution in [0.4, 0.5) is 0 Å². The van der Waals surface area contributed by atoms with Crippen LogP contribution in [0.2, 0.25) is 0 Å². The van der Waals surface area contributed by atoms with Gasteiger partial charge in [-0.25, -0.2) is 10.4 Å². The van der Waals surface area contributed by atoms with Gasteiger partial charge in [-0.1, -0.05) is 58.4 Å². The van der Waals surface area contributed by atoms with E-state index >= 15 is 0 Å². The van der Waals surface area contributed by atoms with Crippen molar-refractivity contribution in [3.8, 4) is 5.75 Å². The summed E-state index contributed by atoms with van der Waals surface area (Å²) in [7, 11) is 0. The largest absolute Gasteiger partial charge is 0.494 e. The van der Waals surface area contributed by atoms with Gasteiger partial charge in [-0.05, 0) is 60.4 Å². The highest BCUT2D eigenvalue weighted by Gasteiger charge is 2.44. The van der Waals surface area contributed by atoms with Crippen LogP contribution in [-0.4, -0.2) is 48.8 Å². The minimum atomic E-state index is -1.09. The SMILES string of the molecule is O=C(NNCCCc1ccccc1)[C@]1(Cc2ccc(Br)cc2)COC(c2ccc(OCCCO)cc2)=N1. The predicted octanol–water partition coefficient (Wildman–Crippen LogP) is 4.22. The molecule has 3 aromatic rings. The van der Waals surface area contributed by atoms with E-state index in [4.69, 9.17) is 19.6 Å². The smallest absolute Gasteiger partial charge is 0.266 e. The number of nitrogens with zero attached hydrogens (tertiary/aromatic N) is 1. The summed E-state index contributed by atoms with van der Waals surface area (Å²) in [6, 6.07) is 25.6. The molecule has 37 heavy (non-hydrogen) atoms. The first-order valence-corrected chi connectivity index (χ1v) is 13.3. The van der Waals surface area contributed by atoms with Crippen molar-refractivity contribution in [1.82, 2.24) is 10.9 Å². The Bertz CT molecular complexity index is 1170. The zero-order valence-electron chi connectivity index (χ0n) is 20.7. The number of carbonyl (C=O) groups excluding carboxylic acids is 1. The number of aliphatic hydroxyl groups excluding tert-OH is 1. The van der Waals surface area contributed by atoms with Crippen LogP contribution in [-0.2, 0) is 22.4 Å². The summed E-state index contributed by atoms with van der Waals surface area (Å²) < 4.78 is 12.6. The first kappa shape index (κ1) is 26.9. The molecule has 194 valence electrons. The number of rotatable bonds is 13. The van der Waals surface area contributed by atoms with Crippen LogP contribution in [0.15, 0.2) is 88.3 Å². The number of carbonyl (C=O) groups is 1. The predicted molar refractivity (Wildman–Crippen MR) is 148 cm³/mol.